The average Bonchev–Trinajstić information content (AvgIpc) is 3.03. The fraction of sp³-hybridized carbons (Fsp3) is 0.733. The van der Waals surface area contributed by atoms with Crippen LogP contribution in [0, 0.1) is 11.8 Å². The molecule has 110 valence electrons. The number of nitrogens with zero attached hydrogens (tertiary/aromatic N) is 3. The molecular formula is C15H23N3O2. The number of carboxylic acids is 1. The van der Waals surface area contributed by atoms with E-state index in [1.807, 2.05) is 0 Å². The lowest BCUT2D eigenvalue weighted by Gasteiger charge is -2.19. The Labute approximate surface area is 119 Å². The lowest BCUT2D eigenvalue weighted by atomic mass is 9.98. The third kappa shape index (κ3) is 2.73. The number of aryl methyl sites for hydroxylation is 1. The molecule has 1 N–H and O–H groups in total. The van der Waals surface area contributed by atoms with Crippen LogP contribution in [0.2, 0.25) is 0 Å². The Bertz CT molecular complexity index is 497. The molecule has 2 aliphatic rings. The van der Waals surface area contributed by atoms with Gasteiger partial charge >= 0.3 is 5.97 Å². The van der Waals surface area contributed by atoms with Crippen molar-refractivity contribution >= 4 is 5.97 Å². The van der Waals surface area contributed by atoms with E-state index in [0.29, 0.717) is 12.3 Å². The molecule has 2 aliphatic heterocycles. The number of imidazole rings is 1. The Kier molecular flexibility index (Phi) is 3.78. The summed E-state index contributed by atoms with van der Waals surface area (Å²) in [5, 5.41) is 9.11. The lowest BCUT2D eigenvalue weighted by molar-refractivity contribution is -0.142. The van der Waals surface area contributed by atoms with Crippen molar-refractivity contribution in [3.63, 3.8) is 0 Å². The maximum atomic E-state index is 11.1. The van der Waals surface area contributed by atoms with E-state index in [1.54, 1.807) is 0 Å². The molecule has 0 aromatic carbocycles. The van der Waals surface area contributed by atoms with Crippen LogP contribution in [0.3, 0.4) is 0 Å². The molecule has 0 radical (unpaired) electrons. The first-order valence-electron chi connectivity index (χ1n) is 7.65. The first-order valence-corrected chi connectivity index (χ1v) is 7.65. The number of aromatic nitrogens is 2. The van der Waals surface area contributed by atoms with Gasteiger partial charge in [0.1, 0.15) is 5.82 Å². The third-order valence-electron chi connectivity index (χ3n) is 4.72. The summed E-state index contributed by atoms with van der Waals surface area (Å²) < 4.78 is 2.15. The van der Waals surface area contributed by atoms with E-state index in [-0.39, 0.29) is 5.92 Å². The fourth-order valence-electron chi connectivity index (χ4n) is 3.46. The highest BCUT2D eigenvalue weighted by Gasteiger charge is 2.27. The molecule has 5 nitrogen and oxygen atoms in total. The van der Waals surface area contributed by atoms with Gasteiger partial charge in [-0.3, -0.25) is 4.79 Å². The molecule has 1 saturated heterocycles. The summed E-state index contributed by atoms with van der Waals surface area (Å²) in [6.45, 7) is 6.53. The van der Waals surface area contributed by atoms with Crippen molar-refractivity contribution in [3.8, 4) is 0 Å². The lowest BCUT2D eigenvalue weighted by Crippen LogP contribution is -2.25. The van der Waals surface area contributed by atoms with Crippen molar-refractivity contribution in [1.29, 1.82) is 0 Å². The van der Waals surface area contributed by atoms with Crippen LogP contribution in [0.5, 0.6) is 0 Å². The number of fused-ring (bicyclic) bond motifs is 1. The monoisotopic (exact) mass is 277 g/mol. The predicted octanol–water partition coefficient (Wildman–Crippen LogP) is 1.41. The van der Waals surface area contributed by atoms with Crippen LogP contribution in [0.1, 0.15) is 31.3 Å². The van der Waals surface area contributed by atoms with E-state index < -0.39 is 5.97 Å². The molecule has 0 bridgehead atoms. The molecule has 3 heterocycles. The summed E-state index contributed by atoms with van der Waals surface area (Å²) in [5.74, 6) is 0.737. The van der Waals surface area contributed by atoms with E-state index in [0.717, 1.165) is 37.4 Å². The van der Waals surface area contributed by atoms with Crippen molar-refractivity contribution in [2.75, 3.05) is 19.6 Å². The minimum atomic E-state index is -0.685. The Balaban J connectivity index is 1.64. The molecule has 0 spiro atoms. The SMILES string of the molecule is CCN1CCC(Cc2cn3c(n2)CC(C(=O)O)CC3)C1. The van der Waals surface area contributed by atoms with Gasteiger partial charge in [-0.15, -0.1) is 0 Å². The van der Waals surface area contributed by atoms with Crippen LogP contribution in [-0.2, 0) is 24.2 Å². The van der Waals surface area contributed by atoms with E-state index in [2.05, 4.69) is 27.6 Å². The van der Waals surface area contributed by atoms with E-state index in [4.69, 9.17) is 5.11 Å². The second kappa shape index (κ2) is 5.56. The van der Waals surface area contributed by atoms with Gasteiger partial charge in [-0.1, -0.05) is 6.92 Å². The van der Waals surface area contributed by atoms with Gasteiger partial charge in [0.2, 0.25) is 0 Å². The van der Waals surface area contributed by atoms with Crippen molar-refractivity contribution in [3.05, 3.63) is 17.7 Å². The van der Waals surface area contributed by atoms with Gasteiger partial charge in [0, 0.05) is 25.7 Å². The van der Waals surface area contributed by atoms with Gasteiger partial charge in [0.15, 0.2) is 0 Å². The summed E-state index contributed by atoms with van der Waals surface area (Å²) >= 11 is 0. The summed E-state index contributed by atoms with van der Waals surface area (Å²) in [6, 6.07) is 0. The highest BCUT2D eigenvalue weighted by molar-refractivity contribution is 5.70. The second-order valence-corrected chi connectivity index (χ2v) is 6.12. The highest BCUT2D eigenvalue weighted by atomic mass is 16.4. The zero-order chi connectivity index (χ0) is 14.1. The highest BCUT2D eigenvalue weighted by Crippen LogP contribution is 2.24. The molecule has 0 aliphatic carbocycles. The fourth-order valence-corrected chi connectivity index (χ4v) is 3.46. The van der Waals surface area contributed by atoms with Gasteiger partial charge < -0.3 is 14.6 Å². The van der Waals surface area contributed by atoms with Crippen LogP contribution in [0.4, 0.5) is 0 Å². The van der Waals surface area contributed by atoms with Crippen LogP contribution >= 0.6 is 0 Å². The van der Waals surface area contributed by atoms with Crippen molar-refractivity contribution in [2.45, 2.75) is 39.2 Å². The second-order valence-electron chi connectivity index (χ2n) is 6.12. The molecule has 3 rings (SSSR count). The van der Waals surface area contributed by atoms with E-state index in [9.17, 15) is 4.79 Å². The molecule has 2 atom stereocenters. The largest absolute Gasteiger partial charge is 0.481 e. The number of carbonyl (C=O) groups is 1. The van der Waals surface area contributed by atoms with Crippen molar-refractivity contribution in [2.24, 2.45) is 11.8 Å². The van der Waals surface area contributed by atoms with Crippen molar-refractivity contribution in [1.82, 2.24) is 14.5 Å². The molecule has 1 aromatic rings. The Morgan fingerprint density at radius 1 is 1.45 bits per heavy atom. The van der Waals surface area contributed by atoms with Crippen molar-refractivity contribution < 1.29 is 9.90 Å². The van der Waals surface area contributed by atoms with Gasteiger partial charge in [-0.05, 0) is 38.3 Å². The molecule has 2 unspecified atom stereocenters. The topological polar surface area (TPSA) is 58.4 Å². The summed E-state index contributed by atoms with van der Waals surface area (Å²) in [6.07, 6.45) is 5.75. The van der Waals surface area contributed by atoms with Gasteiger partial charge in [-0.2, -0.15) is 0 Å². The zero-order valence-corrected chi connectivity index (χ0v) is 12.1. The van der Waals surface area contributed by atoms with Gasteiger partial charge in [0.25, 0.3) is 0 Å². The molecular weight excluding hydrogens is 254 g/mol. The predicted molar refractivity (Wildman–Crippen MR) is 75.6 cm³/mol. The molecule has 1 aromatic heterocycles. The third-order valence-corrected chi connectivity index (χ3v) is 4.72. The molecule has 1 fully saturated rings. The number of aliphatic carboxylic acids is 1. The van der Waals surface area contributed by atoms with Gasteiger partial charge in [0.05, 0.1) is 11.6 Å². The number of likely N-dealkylation sites (tertiary alicyclic amines) is 1. The smallest absolute Gasteiger partial charge is 0.307 e. The van der Waals surface area contributed by atoms with Crippen LogP contribution in [0.15, 0.2) is 6.20 Å². The number of hydrogen-bond donors (Lipinski definition) is 1. The quantitative estimate of drug-likeness (QED) is 0.904. The summed E-state index contributed by atoms with van der Waals surface area (Å²) in [7, 11) is 0. The van der Waals surface area contributed by atoms with Crippen LogP contribution in [-0.4, -0.2) is 45.2 Å². The minimum absolute atomic E-state index is 0.250. The van der Waals surface area contributed by atoms with Crippen LogP contribution in [0.25, 0.3) is 0 Å². The Morgan fingerprint density at radius 3 is 3.00 bits per heavy atom. The summed E-state index contributed by atoms with van der Waals surface area (Å²) in [4.78, 5) is 18.2. The van der Waals surface area contributed by atoms with E-state index in [1.165, 1.54) is 19.5 Å². The number of carboxylic acid groups (broad SMARTS) is 1. The Morgan fingerprint density at radius 2 is 2.30 bits per heavy atom. The number of rotatable bonds is 4. The van der Waals surface area contributed by atoms with Crippen LogP contribution < -0.4 is 0 Å². The normalized spacial score (nSPS) is 26.6. The molecule has 5 heteroatoms. The maximum Gasteiger partial charge on any atom is 0.307 e. The molecule has 0 amide bonds. The minimum Gasteiger partial charge on any atom is -0.481 e. The molecule has 0 saturated carbocycles. The molecule has 20 heavy (non-hydrogen) atoms. The standard InChI is InChI=1S/C15H23N3O2/c1-2-17-5-3-11(9-17)7-13-10-18-6-4-12(15(19)20)8-14(18)16-13/h10-12H,2-9H2,1H3,(H,19,20). The first kappa shape index (κ1) is 13.6. The van der Waals surface area contributed by atoms with E-state index >= 15 is 0 Å². The number of hydrogen-bond acceptors (Lipinski definition) is 3. The zero-order valence-electron chi connectivity index (χ0n) is 12.1. The average molecular weight is 277 g/mol. The summed E-state index contributed by atoms with van der Waals surface area (Å²) in [5.41, 5.74) is 1.15. The van der Waals surface area contributed by atoms with Gasteiger partial charge in [-0.25, -0.2) is 4.98 Å². The first-order chi connectivity index (χ1) is 9.65. The Hall–Kier alpha value is -1.36. The maximum absolute atomic E-state index is 11.1.